The fourth-order valence-electron chi connectivity index (χ4n) is 1.58. The van der Waals surface area contributed by atoms with Crippen LogP contribution in [0.3, 0.4) is 0 Å². The van der Waals surface area contributed by atoms with Gasteiger partial charge in [-0.1, -0.05) is 33.6 Å². The summed E-state index contributed by atoms with van der Waals surface area (Å²) in [7, 11) is -1.27. The summed E-state index contributed by atoms with van der Waals surface area (Å²) in [5, 5.41) is 0.885. The third-order valence-electron chi connectivity index (χ3n) is 2.39. The van der Waals surface area contributed by atoms with Gasteiger partial charge >= 0.3 is 5.97 Å². The van der Waals surface area contributed by atoms with E-state index in [9.17, 15) is 13.2 Å². The fraction of sp³-hybridized carbons (Fsp3) is 0.364. The molecule has 0 aromatic heterocycles. The predicted molar refractivity (Wildman–Crippen MR) is 74.3 cm³/mol. The molecule has 0 heterocycles. The zero-order valence-corrected chi connectivity index (χ0v) is 12.8. The molecule has 18 heavy (non-hydrogen) atoms. The van der Waals surface area contributed by atoms with Gasteiger partial charge in [0.05, 0.1) is 23.4 Å². The van der Waals surface area contributed by atoms with Crippen LogP contribution in [0.4, 0.5) is 0 Å². The van der Waals surface area contributed by atoms with Gasteiger partial charge in [-0.05, 0) is 23.6 Å². The topological polar surface area (TPSA) is 60.4 Å². The average molecular weight is 356 g/mol. The van der Waals surface area contributed by atoms with E-state index in [1.165, 1.54) is 13.2 Å². The van der Waals surface area contributed by atoms with Gasteiger partial charge in [0.2, 0.25) is 0 Å². The van der Waals surface area contributed by atoms with Gasteiger partial charge in [0.1, 0.15) is 10.7 Å². The van der Waals surface area contributed by atoms with E-state index in [0.717, 1.165) is 0 Å². The molecule has 0 N–H and O–H groups in total. The molecule has 0 spiro atoms. The molecule has 100 valence electrons. The molecule has 0 radical (unpaired) electrons. The minimum absolute atomic E-state index is 0.0845. The molecule has 0 saturated carbocycles. The molecular formula is C11H12BrClO4S. The standard InChI is InChI=1S/C11H12BrClO4S/c1-17-11(14)9-3-2-7(6-18(15)16)8(4-5-12)10(9)13/h2-3,18H,4-6H2,1H3. The number of rotatable bonds is 5. The van der Waals surface area contributed by atoms with E-state index in [-0.39, 0.29) is 16.3 Å². The van der Waals surface area contributed by atoms with Crippen molar-refractivity contribution in [1.82, 2.24) is 0 Å². The van der Waals surface area contributed by atoms with Crippen LogP contribution in [-0.2, 0) is 27.6 Å². The number of carbonyl (C=O) groups excluding carboxylic acids is 1. The molecule has 1 rings (SSSR count). The molecule has 0 atom stereocenters. The van der Waals surface area contributed by atoms with Crippen LogP contribution in [0.2, 0.25) is 5.02 Å². The second kappa shape index (κ2) is 7.11. The van der Waals surface area contributed by atoms with Crippen molar-refractivity contribution in [3.8, 4) is 0 Å². The lowest BCUT2D eigenvalue weighted by Crippen LogP contribution is -2.07. The lowest BCUT2D eigenvalue weighted by atomic mass is 10.0. The van der Waals surface area contributed by atoms with Crippen LogP contribution in [0.5, 0.6) is 0 Å². The Morgan fingerprint density at radius 2 is 2.11 bits per heavy atom. The summed E-state index contributed by atoms with van der Waals surface area (Å²) < 4.78 is 26.2. The fourth-order valence-corrected chi connectivity index (χ4v) is 2.91. The highest BCUT2D eigenvalue weighted by atomic mass is 79.9. The maximum Gasteiger partial charge on any atom is 0.339 e. The highest BCUT2D eigenvalue weighted by molar-refractivity contribution is 9.09. The van der Waals surface area contributed by atoms with Crippen LogP contribution in [0.1, 0.15) is 21.5 Å². The molecule has 0 saturated heterocycles. The average Bonchev–Trinajstić information content (AvgIpc) is 2.32. The van der Waals surface area contributed by atoms with Gasteiger partial charge in [-0.2, -0.15) is 0 Å². The number of methoxy groups -OCH3 is 1. The van der Waals surface area contributed by atoms with Crippen molar-refractivity contribution in [3.63, 3.8) is 0 Å². The molecule has 1 aromatic carbocycles. The van der Waals surface area contributed by atoms with Crippen LogP contribution in [0.15, 0.2) is 12.1 Å². The van der Waals surface area contributed by atoms with Gasteiger partial charge in [-0.3, -0.25) is 0 Å². The van der Waals surface area contributed by atoms with E-state index in [4.69, 9.17) is 11.6 Å². The zero-order valence-electron chi connectivity index (χ0n) is 9.61. The van der Waals surface area contributed by atoms with Crippen LogP contribution in [0.25, 0.3) is 0 Å². The van der Waals surface area contributed by atoms with Crippen molar-refractivity contribution in [2.45, 2.75) is 12.2 Å². The molecule has 0 aliphatic rings. The van der Waals surface area contributed by atoms with E-state index in [1.54, 1.807) is 6.07 Å². The summed E-state index contributed by atoms with van der Waals surface area (Å²) in [4.78, 5) is 11.5. The Hall–Kier alpha value is -0.590. The predicted octanol–water partition coefficient (Wildman–Crippen LogP) is 2.18. The van der Waals surface area contributed by atoms with Crippen molar-refractivity contribution >= 4 is 44.2 Å². The first kappa shape index (κ1) is 15.5. The molecule has 0 fully saturated rings. The summed E-state index contributed by atoms with van der Waals surface area (Å²) in [5.41, 5.74) is 1.53. The first-order valence-electron chi connectivity index (χ1n) is 5.07. The molecule has 0 bridgehead atoms. The molecule has 1 aromatic rings. The lowest BCUT2D eigenvalue weighted by Gasteiger charge is -2.11. The Morgan fingerprint density at radius 1 is 1.44 bits per heavy atom. The van der Waals surface area contributed by atoms with Gasteiger partial charge in [0, 0.05) is 5.33 Å². The van der Waals surface area contributed by atoms with Crippen molar-refractivity contribution in [3.05, 3.63) is 33.8 Å². The van der Waals surface area contributed by atoms with Crippen LogP contribution in [0, 0.1) is 0 Å². The maximum atomic E-state index is 11.5. The van der Waals surface area contributed by atoms with Crippen molar-refractivity contribution in [1.29, 1.82) is 0 Å². The monoisotopic (exact) mass is 354 g/mol. The number of alkyl halides is 1. The first-order chi connectivity index (χ1) is 8.51. The number of carbonyl (C=O) groups is 1. The lowest BCUT2D eigenvalue weighted by molar-refractivity contribution is 0.0601. The third-order valence-corrected chi connectivity index (χ3v) is 3.82. The van der Waals surface area contributed by atoms with E-state index in [2.05, 4.69) is 20.7 Å². The van der Waals surface area contributed by atoms with E-state index in [1.807, 2.05) is 0 Å². The number of hydrogen-bond donors (Lipinski definition) is 1. The van der Waals surface area contributed by atoms with Gasteiger partial charge in [-0.15, -0.1) is 0 Å². The molecular weight excluding hydrogens is 344 g/mol. The molecule has 0 aliphatic heterocycles. The highest BCUT2D eigenvalue weighted by Gasteiger charge is 2.17. The Kier molecular flexibility index (Phi) is 6.11. The van der Waals surface area contributed by atoms with Crippen LogP contribution < -0.4 is 0 Å². The number of ether oxygens (including phenoxy) is 1. The maximum absolute atomic E-state index is 11.5. The number of benzene rings is 1. The largest absolute Gasteiger partial charge is 0.465 e. The van der Waals surface area contributed by atoms with Gasteiger partial charge in [0.15, 0.2) is 0 Å². The molecule has 0 aliphatic carbocycles. The highest BCUT2D eigenvalue weighted by Crippen LogP contribution is 2.27. The number of hydrogen-bond acceptors (Lipinski definition) is 4. The van der Waals surface area contributed by atoms with E-state index >= 15 is 0 Å². The molecule has 0 unspecified atom stereocenters. The Labute approximate surface area is 120 Å². The zero-order chi connectivity index (χ0) is 13.7. The van der Waals surface area contributed by atoms with E-state index in [0.29, 0.717) is 22.9 Å². The third kappa shape index (κ3) is 3.70. The molecule has 7 heteroatoms. The Balaban J connectivity index is 3.31. The van der Waals surface area contributed by atoms with Crippen LogP contribution in [-0.4, -0.2) is 26.8 Å². The second-order valence-electron chi connectivity index (χ2n) is 3.49. The summed E-state index contributed by atoms with van der Waals surface area (Å²) in [6, 6.07) is 3.08. The minimum Gasteiger partial charge on any atom is -0.465 e. The Morgan fingerprint density at radius 3 is 2.61 bits per heavy atom. The van der Waals surface area contributed by atoms with Crippen molar-refractivity contribution < 1.29 is 17.9 Å². The van der Waals surface area contributed by atoms with Gasteiger partial charge in [0.25, 0.3) is 0 Å². The van der Waals surface area contributed by atoms with Crippen molar-refractivity contribution in [2.24, 2.45) is 0 Å². The number of thiol groups is 1. The quantitative estimate of drug-likeness (QED) is 0.499. The van der Waals surface area contributed by atoms with E-state index < -0.39 is 16.7 Å². The Bertz CT molecular complexity index is 520. The summed E-state index contributed by atoms with van der Waals surface area (Å²) >= 11 is 9.40. The normalized spacial score (nSPS) is 10.7. The van der Waals surface area contributed by atoms with Crippen molar-refractivity contribution in [2.75, 3.05) is 12.4 Å². The number of esters is 1. The smallest absolute Gasteiger partial charge is 0.339 e. The molecule has 4 nitrogen and oxygen atoms in total. The first-order valence-corrected chi connectivity index (χ1v) is 7.93. The SMILES string of the molecule is COC(=O)c1ccc(C[SH](=O)=O)c(CCBr)c1Cl. The minimum atomic E-state index is -2.53. The van der Waals surface area contributed by atoms with Gasteiger partial charge < -0.3 is 4.74 Å². The summed E-state index contributed by atoms with van der Waals surface area (Å²) in [6.45, 7) is 0. The number of halogens is 2. The van der Waals surface area contributed by atoms with Gasteiger partial charge in [-0.25, -0.2) is 13.2 Å². The second-order valence-corrected chi connectivity index (χ2v) is 5.64. The summed E-state index contributed by atoms with van der Waals surface area (Å²) in [6.07, 6.45) is 0.544. The molecule has 0 amide bonds. The summed E-state index contributed by atoms with van der Waals surface area (Å²) in [5.74, 6) is -0.618. The van der Waals surface area contributed by atoms with Crippen LogP contribution >= 0.6 is 27.5 Å².